The van der Waals surface area contributed by atoms with E-state index in [9.17, 15) is 14.3 Å². The Balaban J connectivity index is 2.33. The molecule has 0 fully saturated rings. The van der Waals surface area contributed by atoms with Crippen molar-refractivity contribution in [1.29, 1.82) is 0 Å². The zero-order valence-electron chi connectivity index (χ0n) is 12.0. The zero-order chi connectivity index (χ0) is 16.1. The number of aromatic nitrogens is 3. The van der Waals surface area contributed by atoms with E-state index in [1.807, 2.05) is 6.92 Å². The highest BCUT2D eigenvalue weighted by Gasteiger charge is 2.21. The molecular formula is C14H17FN4O3. The molecule has 0 aliphatic heterocycles. The Kier molecular flexibility index (Phi) is 5.18. The van der Waals surface area contributed by atoms with Crippen LogP contribution in [-0.4, -0.2) is 43.8 Å². The van der Waals surface area contributed by atoms with Gasteiger partial charge < -0.3 is 15.5 Å². The number of amides is 1. The molecule has 0 saturated heterocycles. The first-order valence-corrected chi connectivity index (χ1v) is 6.84. The van der Waals surface area contributed by atoms with Crippen molar-refractivity contribution in [2.24, 2.45) is 0 Å². The van der Waals surface area contributed by atoms with E-state index in [1.54, 1.807) is 6.07 Å². The molecule has 0 unspecified atom stereocenters. The van der Waals surface area contributed by atoms with E-state index < -0.39 is 24.4 Å². The van der Waals surface area contributed by atoms with Gasteiger partial charge in [-0.05, 0) is 18.6 Å². The van der Waals surface area contributed by atoms with Crippen LogP contribution >= 0.6 is 0 Å². The fourth-order valence-electron chi connectivity index (χ4n) is 1.87. The predicted octanol–water partition coefficient (Wildman–Crippen LogP) is 0.399. The summed E-state index contributed by atoms with van der Waals surface area (Å²) in [6, 6.07) is 5.42. The van der Waals surface area contributed by atoms with Gasteiger partial charge in [0.1, 0.15) is 11.4 Å². The van der Waals surface area contributed by atoms with E-state index in [2.05, 4.69) is 15.5 Å². The quantitative estimate of drug-likeness (QED) is 0.717. The second-order valence-corrected chi connectivity index (χ2v) is 4.66. The second-order valence-electron chi connectivity index (χ2n) is 4.66. The van der Waals surface area contributed by atoms with Crippen molar-refractivity contribution in [3.05, 3.63) is 41.5 Å². The molecule has 2 rings (SSSR count). The summed E-state index contributed by atoms with van der Waals surface area (Å²) < 4.78 is 13.7. The third-order valence-electron chi connectivity index (χ3n) is 3.16. The number of hydrogen-bond donors (Lipinski definition) is 3. The molecule has 1 heterocycles. The molecule has 1 aromatic heterocycles. The number of halogens is 1. The van der Waals surface area contributed by atoms with Gasteiger partial charge in [0.15, 0.2) is 11.5 Å². The van der Waals surface area contributed by atoms with Crippen LogP contribution in [0.3, 0.4) is 0 Å². The topological polar surface area (TPSA) is 100 Å². The van der Waals surface area contributed by atoms with Crippen LogP contribution < -0.4 is 5.32 Å². The number of nitrogens with zero attached hydrogens (tertiary/aromatic N) is 3. The Morgan fingerprint density at radius 2 is 2.09 bits per heavy atom. The van der Waals surface area contributed by atoms with Gasteiger partial charge in [0.2, 0.25) is 0 Å². The summed E-state index contributed by atoms with van der Waals surface area (Å²) in [5.74, 6) is -1.12. The maximum atomic E-state index is 13.7. The fourth-order valence-corrected chi connectivity index (χ4v) is 1.87. The first-order valence-electron chi connectivity index (χ1n) is 6.84. The maximum absolute atomic E-state index is 13.7. The Bertz CT molecular complexity index is 655. The monoisotopic (exact) mass is 308 g/mol. The number of nitrogens with one attached hydrogen (secondary N) is 1. The molecule has 7 nitrogen and oxygen atoms in total. The lowest BCUT2D eigenvalue weighted by Gasteiger charge is -2.12. The van der Waals surface area contributed by atoms with E-state index in [0.717, 1.165) is 4.80 Å². The van der Waals surface area contributed by atoms with Crippen molar-refractivity contribution in [2.75, 3.05) is 6.61 Å². The minimum atomic E-state index is -0.576. The van der Waals surface area contributed by atoms with Crippen LogP contribution in [0.15, 0.2) is 24.3 Å². The molecule has 1 aromatic carbocycles. The Morgan fingerprint density at radius 1 is 1.36 bits per heavy atom. The summed E-state index contributed by atoms with van der Waals surface area (Å²) >= 11 is 0. The Morgan fingerprint density at radius 3 is 2.68 bits per heavy atom. The van der Waals surface area contributed by atoms with Gasteiger partial charge in [-0.2, -0.15) is 0 Å². The van der Waals surface area contributed by atoms with Gasteiger partial charge in [-0.25, -0.2) is 4.39 Å². The summed E-state index contributed by atoms with van der Waals surface area (Å²) in [6.07, 6.45) is 0.540. The van der Waals surface area contributed by atoms with Gasteiger partial charge in [-0.3, -0.25) is 4.79 Å². The van der Waals surface area contributed by atoms with Gasteiger partial charge in [-0.1, -0.05) is 19.1 Å². The molecule has 1 atom stereocenters. The standard InChI is InChI=1S/C14H17FN4O3/c1-2-9(7-20)16-14(22)13-11(8-21)17-19(18-13)12-6-4-3-5-10(12)15/h3-6,9,20-21H,2,7-8H2,1H3,(H,16,22)/t9-/m0/s1. The number of carbonyl (C=O) groups is 1. The molecular weight excluding hydrogens is 291 g/mol. The Labute approximate surface area is 126 Å². The highest BCUT2D eigenvalue weighted by Crippen LogP contribution is 2.13. The molecule has 0 aliphatic rings. The van der Waals surface area contributed by atoms with Crippen LogP contribution in [0.1, 0.15) is 29.5 Å². The number of para-hydroxylation sites is 1. The number of aliphatic hydroxyl groups excluding tert-OH is 2. The average molecular weight is 308 g/mol. The Hall–Kier alpha value is -2.32. The third kappa shape index (κ3) is 3.29. The normalized spacial score (nSPS) is 12.2. The molecule has 22 heavy (non-hydrogen) atoms. The molecule has 3 N–H and O–H groups in total. The van der Waals surface area contributed by atoms with E-state index in [0.29, 0.717) is 6.42 Å². The van der Waals surface area contributed by atoms with Gasteiger partial charge in [0.05, 0.1) is 19.3 Å². The third-order valence-corrected chi connectivity index (χ3v) is 3.16. The van der Waals surface area contributed by atoms with Crippen LogP contribution in [0.25, 0.3) is 5.69 Å². The molecule has 0 radical (unpaired) electrons. The summed E-state index contributed by atoms with van der Waals surface area (Å²) in [4.78, 5) is 13.1. The maximum Gasteiger partial charge on any atom is 0.274 e. The average Bonchev–Trinajstić information content (AvgIpc) is 2.97. The van der Waals surface area contributed by atoms with E-state index in [1.165, 1.54) is 18.2 Å². The van der Waals surface area contributed by atoms with Crippen molar-refractivity contribution in [3.8, 4) is 5.69 Å². The highest BCUT2D eigenvalue weighted by atomic mass is 19.1. The second kappa shape index (κ2) is 7.10. The fraction of sp³-hybridized carbons (Fsp3) is 0.357. The van der Waals surface area contributed by atoms with Gasteiger partial charge in [-0.15, -0.1) is 15.0 Å². The van der Waals surface area contributed by atoms with Gasteiger partial charge in [0.25, 0.3) is 5.91 Å². The lowest BCUT2D eigenvalue weighted by molar-refractivity contribution is 0.0906. The first-order chi connectivity index (χ1) is 10.6. The summed E-state index contributed by atoms with van der Waals surface area (Å²) in [7, 11) is 0. The van der Waals surface area contributed by atoms with Crippen LogP contribution in [0.2, 0.25) is 0 Å². The van der Waals surface area contributed by atoms with Crippen molar-refractivity contribution in [3.63, 3.8) is 0 Å². The van der Waals surface area contributed by atoms with E-state index in [4.69, 9.17) is 5.11 Å². The largest absolute Gasteiger partial charge is 0.394 e. The van der Waals surface area contributed by atoms with Crippen LogP contribution in [-0.2, 0) is 6.61 Å². The number of hydrogen-bond acceptors (Lipinski definition) is 5. The van der Waals surface area contributed by atoms with E-state index in [-0.39, 0.29) is 23.7 Å². The number of aliphatic hydroxyl groups is 2. The van der Waals surface area contributed by atoms with Gasteiger partial charge >= 0.3 is 0 Å². The van der Waals surface area contributed by atoms with Crippen molar-refractivity contribution < 1.29 is 19.4 Å². The molecule has 8 heteroatoms. The smallest absolute Gasteiger partial charge is 0.274 e. The molecule has 118 valence electrons. The number of carbonyl (C=O) groups excluding carboxylic acids is 1. The van der Waals surface area contributed by atoms with Crippen LogP contribution in [0, 0.1) is 5.82 Å². The van der Waals surface area contributed by atoms with Crippen LogP contribution in [0.4, 0.5) is 4.39 Å². The number of rotatable bonds is 6. The minimum Gasteiger partial charge on any atom is -0.394 e. The molecule has 2 aromatic rings. The minimum absolute atomic E-state index is 0.0357. The predicted molar refractivity (Wildman–Crippen MR) is 75.9 cm³/mol. The summed E-state index contributed by atoms with van der Waals surface area (Å²) in [6.45, 7) is 1.09. The summed E-state index contributed by atoms with van der Waals surface area (Å²) in [5.41, 5.74) is 0.0108. The summed E-state index contributed by atoms with van der Waals surface area (Å²) in [5, 5.41) is 28.9. The number of benzene rings is 1. The SMILES string of the molecule is CC[C@@H](CO)NC(=O)c1nn(-c2ccccc2F)nc1CO. The first kappa shape index (κ1) is 16.1. The highest BCUT2D eigenvalue weighted by molar-refractivity contribution is 5.93. The van der Waals surface area contributed by atoms with Crippen molar-refractivity contribution in [1.82, 2.24) is 20.3 Å². The van der Waals surface area contributed by atoms with Gasteiger partial charge in [0, 0.05) is 0 Å². The van der Waals surface area contributed by atoms with Crippen molar-refractivity contribution in [2.45, 2.75) is 26.0 Å². The van der Waals surface area contributed by atoms with Crippen LogP contribution in [0.5, 0.6) is 0 Å². The molecule has 1 amide bonds. The van der Waals surface area contributed by atoms with E-state index >= 15 is 0 Å². The van der Waals surface area contributed by atoms with Crippen molar-refractivity contribution >= 4 is 5.91 Å². The molecule has 0 saturated carbocycles. The lowest BCUT2D eigenvalue weighted by Crippen LogP contribution is -2.37. The lowest BCUT2D eigenvalue weighted by atomic mass is 10.2. The zero-order valence-corrected chi connectivity index (χ0v) is 12.0. The molecule has 0 bridgehead atoms. The molecule has 0 spiro atoms. The molecule has 0 aliphatic carbocycles.